The van der Waals surface area contributed by atoms with E-state index >= 15 is 0 Å². The minimum absolute atomic E-state index is 0.0861. The van der Waals surface area contributed by atoms with E-state index in [-0.39, 0.29) is 18.5 Å². The summed E-state index contributed by atoms with van der Waals surface area (Å²) < 4.78 is 24.7. The van der Waals surface area contributed by atoms with Crippen molar-refractivity contribution in [1.29, 1.82) is 0 Å². The van der Waals surface area contributed by atoms with Crippen LogP contribution in [0.3, 0.4) is 0 Å². The summed E-state index contributed by atoms with van der Waals surface area (Å²) in [5, 5.41) is 1.42. The molecule has 158 valence electrons. The van der Waals surface area contributed by atoms with Gasteiger partial charge >= 0.3 is 11.9 Å². The molecular weight excluding hydrogens is 399 g/mol. The molecule has 0 aromatic heterocycles. The molecule has 2 rings (SSSR count). The van der Waals surface area contributed by atoms with Gasteiger partial charge in [-0.25, -0.2) is 0 Å². The van der Waals surface area contributed by atoms with E-state index in [0.29, 0.717) is 10.6 Å². The molecule has 2 aromatic rings. The Balaban J connectivity index is 2.51. The molecule has 30 heavy (non-hydrogen) atoms. The smallest absolute Gasteiger partial charge is 0.303 e. The molecule has 0 unspecified atom stereocenters. The number of hydrogen-bond donors (Lipinski definition) is 0. The average molecular weight is 426 g/mol. The normalized spacial score (nSPS) is 13.8. The lowest BCUT2D eigenvalue weighted by atomic mass is 10.3. The maximum atomic E-state index is 14.6. The van der Waals surface area contributed by atoms with Crippen LogP contribution in [-0.2, 0) is 23.6 Å². The zero-order valence-electron chi connectivity index (χ0n) is 17.4. The second-order valence-electron chi connectivity index (χ2n) is 6.75. The van der Waals surface area contributed by atoms with Crippen molar-refractivity contribution in [3.8, 4) is 0 Å². The third kappa shape index (κ3) is 6.57. The summed E-state index contributed by atoms with van der Waals surface area (Å²) in [7, 11) is -3.14. The Bertz CT molecular complexity index is 891. The molecule has 0 aliphatic heterocycles. The van der Waals surface area contributed by atoms with Gasteiger partial charge < -0.3 is 14.0 Å². The summed E-state index contributed by atoms with van der Waals surface area (Å²) in [4.78, 5) is 22.3. The Kier molecular flexibility index (Phi) is 8.82. The molecule has 0 amide bonds. The molecule has 2 atom stereocenters. The molecule has 5 nitrogen and oxygen atoms in total. The van der Waals surface area contributed by atoms with Gasteiger partial charge in [-0.1, -0.05) is 78.9 Å². The molecule has 6 heteroatoms. The molecule has 0 bridgehead atoms. The average Bonchev–Trinajstić information content (AvgIpc) is 2.73. The number of allylic oxidation sites excluding steroid dienone is 2. The van der Waals surface area contributed by atoms with Crippen molar-refractivity contribution < 1.29 is 23.6 Å². The lowest BCUT2D eigenvalue weighted by molar-refractivity contribution is -0.143. The van der Waals surface area contributed by atoms with Crippen LogP contribution in [0.25, 0.3) is 0 Å². The van der Waals surface area contributed by atoms with Crippen LogP contribution in [0.2, 0.25) is 0 Å². The van der Waals surface area contributed by atoms with Gasteiger partial charge in [-0.2, -0.15) is 0 Å². The molecule has 0 aliphatic carbocycles. The zero-order chi connectivity index (χ0) is 22.0. The third-order valence-electron chi connectivity index (χ3n) is 4.35. The topological polar surface area (TPSA) is 69.7 Å². The summed E-state index contributed by atoms with van der Waals surface area (Å²) >= 11 is 0. The Hall–Kier alpha value is -2.91. The first kappa shape index (κ1) is 23.4. The van der Waals surface area contributed by atoms with Crippen LogP contribution in [0.1, 0.15) is 20.8 Å². The van der Waals surface area contributed by atoms with E-state index in [1.165, 1.54) is 13.8 Å². The van der Waals surface area contributed by atoms with Gasteiger partial charge in [0, 0.05) is 24.5 Å². The predicted octanol–water partition coefficient (Wildman–Crippen LogP) is 4.00. The molecule has 0 N–H and O–H groups in total. The highest BCUT2D eigenvalue weighted by Gasteiger charge is 2.33. The molecule has 0 radical (unpaired) electrons. The van der Waals surface area contributed by atoms with Gasteiger partial charge in [0.2, 0.25) is 0 Å². The van der Waals surface area contributed by atoms with Crippen LogP contribution in [0.5, 0.6) is 0 Å². The quantitative estimate of drug-likeness (QED) is 0.344. The van der Waals surface area contributed by atoms with Crippen LogP contribution >= 0.6 is 7.14 Å². The van der Waals surface area contributed by atoms with Crippen molar-refractivity contribution in [3.63, 3.8) is 0 Å². The van der Waals surface area contributed by atoms with Gasteiger partial charge in [-0.05, 0) is 13.0 Å². The second kappa shape index (κ2) is 11.3. The molecule has 0 spiro atoms. The highest BCUT2D eigenvalue weighted by atomic mass is 31.2. The number of benzene rings is 2. The SMILES string of the molecule is CC(=O)OC/C=C/[C@H](/C=C/[C@H](C)OC(C)=O)P(=O)(c1ccccc1)c1ccccc1. The predicted molar refractivity (Wildman–Crippen MR) is 120 cm³/mol. The van der Waals surface area contributed by atoms with Gasteiger partial charge in [0.15, 0.2) is 7.14 Å². The van der Waals surface area contributed by atoms with Crippen molar-refractivity contribution >= 4 is 29.7 Å². The number of rotatable bonds is 9. The van der Waals surface area contributed by atoms with E-state index in [2.05, 4.69) is 0 Å². The Morgan fingerprint density at radius 2 is 1.40 bits per heavy atom. The van der Waals surface area contributed by atoms with Gasteiger partial charge in [-0.15, -0.1) is 0 Å². The largest absolute Gasteiger partial charge is 0.462 e. The maximum Gasteiger partial charge on any atom is 0.303 e. The highest BCUT2D eigenvalue weighted by molar-refractivity contribution is 7.79. The lowest BCUT2D eigenvalue weighted by Gasteiger charge is -2.25. The van der Waals surface area contributed by atoms with Gasteiger partial charge in [0.05, 0.1) is 5.66 Å². The first-order chi connectivity index (χ1) is 14.3. The number of carbonyl (C=O) groups excluding carboxylic acids is 2. The Morgan fingerprint density at radius 3 is 1.87 bits per heavy atom. The van der Waals surface area contributed by atoms with Crippen molar-refractivity contribution in [2.24, 2.45) is 0 Å². The molecule has 0 saturated carbocycles. The molecule has 0 aliphatic rings. The van der Waals surface area contributed by atoms with E-state index in [4.69, 9.17) is 9.47 Å². The summed E-state index contributed by atoms with van der Waals surface area (Å²) in [6, 6.07) is 18.6. The Labute approximate surface area is 177 Å². The third-order valence-corrected chi connectivity index (χ3v) is 7.66. The van der Waals surface area contributed by atoms with Crippen LogP contribution in [0.4, 0.5) is 0 Å². The fourth-order valence-corrected chi connectivity index (χ4v) is 5.95. The van der Waals surface area contributed by atoms with Crippen LogP contribution in [0.15, 0.2) is 85.0 Å². The van der Waals surface area contributed by atoms with E-state index in [1.807, 2.05) is 60.7 Å². The monoisotopic (exact) mass is 426 g/mol. The summed E-state index contributed by atoms with van der Waals surface area (Å²) in [6.07, 6.45) is 6.51. The van der Waals surface area contributed by atoms with Crippen LogP contribution in [-0.4, -0.2) is 30.3 Å². The van der Waals surface area contributed by atoms with E-state index in [9.17, 15) is 14.2 Å². The fraction of sp³-hybridized carbons (Fsp3) is 0.250. The molecule has 0 heterocycles. The van der Waals surface area contributed by atoms with Crippen molar-refractivity contribution in [2.75, 3.05) is 6.61 Å². The fourth-order valence-electron chi connectivity index (χ4n) is 3.03. The van der Waals surface area contributed by atoms with Crippen LogP contribution in [0, 0.1) is 0 Å². The summed E-state index contributed by atoms with van der Waals surface area (Å²) in [5.74, 6) is -0.770. The lowest BCUT2D eigenvalue weighted by Crippen LogP contribution is -2.24. The Morgan fingerprint density at radius 1 is 0.867 bits per heavy atom. The standard InChI is InChI=1S/C24H27O5P/c1-19(29-21(3)26)16-17-24(15-10-18-28-20(2)25)30(27,22-11-6-4-7-12-22)23-13-8-5-9-14-23/h4-17,19,24H,18H2,1-3H3/b15-10+,17-16+/t19-,24+/m0/s1. The second-order valence-corrected chi connectivity index (χ2v) is 9.69. The van der Waals surface area contributed by atoms with Gasteiger partial charge in [-0.3, -0.25) is 9.59 Å². The molecule has 2 aromatic carbocycles. The molecule has 0 saturated heterocycles. The first-order valence-electron chi connectivity index (χ1n) is 9.70. The number of ether oxygens (including phenoxy) is 2. The number of carbonyl (C=O) groups is 2. The van der Waals surface area contributed by atoms with E-state index < -0.39 is 18.9 Å². The number of hydrogen-bond acceptors (Lipinski definition) is 5. The first-order valence-corrected chi connectivity index (χ1v) is 11.5. The van der Waals surface area contributed by atoms with Crippen molar-refractivity contribution in [3.05, 3.63) is 85.0 Å². The maximum absolute atomic E-state index is 14.6. The highest BCUT2D eigenvalue weighted by Crippen LogP contribution is 2.49. The summed E-state index contributed by atoms with van der Waals surface area (Å²) in [5.41, 5.74) is -0.518. The minimum atomic E-state index is -3.14. The molecular formula is C24H27O5P. The van der Waals surface area contributed by atoms with Gasteiger partial charge in [0.25, 0.3) is 0 Å². The minimum Gasteiger partial charge on any atom is -0.462 e. The summed E-state index contributed by atoms with van der Waals surface area (Å²) in [6.45, 7) is 4.51. The zero-order valence-corrected chi connectivity index (χ0v) is 18.3. The number of esters is 2. The van der Waals surface area contributed by atoms with Crippen molar-refractivity contribution in [1.82, 2.24) is 0 Å². The van der Waals surface area contributed by atoms with Gasteiger partial charge in [0.1, 0.15) is 12.7 Å². The van der Waals surface area contributed by atoms with E-state index in [1.54, 1.807) is 31.2 Å². The van der Waals surface area contributed by atoms with Crippen LogP contribution < -0.4 is 10.6 Å². The van der Waals surface area contributed by atoms with Crippen molar-refractivity contribution in [2.45, 2.75) is 32.5 Å². The van der Waals surface area contributed by atoms with E-state index in [0.717, 1.165) is 0 Å². The molecule has 0 fully saturated rings.